The molecule has 2 aromatic rings. The number of hydrogen-bond acceptors (Lipinski definition) is 11. The van der Waals surface area contributed by atoms with E-state index in [1.165, 1.54) is 11.3 Å². The number of azo groups is 1. The number of rotatable bonds is 8. The Balaban J connectivity index is 0.00000363. The number of thioether (sulfide) groups is 1. The molecule has 1 aliphatic rings. The molecule has 3 rings (SSSR count). The molecule has 0 saturated heterocycles. The fourth-order valence-corrected chi connectivity index (χ4v) is 5.74. The van der Waals surface area contributed by atoms with Gasteiger partial charge < -0.3 is 9.45 Å². The first-order chi connectivity index (χ1) is 14.5. The zero-order chi connectivity index (χ0) is 22.8. The average molecular weight is 508 g/mol. The van der Waals surface area contributed by atoms with E-state index in [2.05, 4.69) is 57.2 Å². The Kier molecular flexibility index (Phi) is 9.69. The van der Waals surface area contributed by atoms with Gasteiger partial charge in [0.25, 0.3) is 5.13 Å². The smallest absolute Gasteiger partial charge is 0.726 e. The maximum atomic E-state index is 10.8. The maximum Gasteiger partial charge on any atom is 1.00 e. The average Bonchev–Trinajstić information content (AvgIpc) is 3.09. The third-order valence-electron chi connectivity index (χ3n) is 5.15. The van der Waals surface area contributed by atoms with Crippen LogP contribution in [-0.2, 0) is 14.6 Å². The van der Waals surface area contributed by atoms with Gasteiger partial charge in [-0.2, -0.15) is 0 Å². The SMILES string of the molecule is CCSc1nnc(N=Nc2cc3c(cc2C)N(CCOS(=O)(=O)[O-])C(C)(C)CC3C)s1.[Na+]. The number of nitrogens with zero attached hydrogens (tertiary/aromatic N) is 5. The Bertz CT molecular complexity index is 1070. The molecular weight excluding hydrogens is 481 g/mol. The first-order valence-electron chi connectivity index (χ1n) is 9.90. The first-order valence-corrected chi connectivity index (χ1v) is 13.0. The van der Waals surface area contributed by atoms with Crippen molar-refractivity contribution >= 4 is 50.0 Å². The van der Waals surface area contributed by atoms with Gasteiger partial charge in [0.05, 0.1) is 12.3 Å². The quantitative estimate of drug-likeness (QED) is 0.175. The summed E-state index contributed by atoms with van der Waals surface area (Å²) in [4.78, 5) is 2.10. The van der Waals surface area contributed by atoms with Gasteiger partial charge in [-0.25, -0.2) is 8.42 Å². The Hall–Kier alpha value is -0.600. The standard InChI is InChI=1S/C19H27N5O4S3.Na/c1-6-29-18-23-22-17(30-18)21-20-15-10-14-13(3)11-19(4,5)24(16(14)9-12(15)2)7-8-28-31(25,26)27;/h9-10,13H,6-8,11H2,1-5H3,(H,25,26,27);/q;+1/p-1. The Morgan fingerprint density at radius 3 is 2.72 bits per heavy atom. The summed E-state index contributed by atoms with van der Waals surface area (Å²) in [7, 11) is -4.72. The Labute approximate surface area is 219 Å². The summed E-state index contributed by atoms with van der Waals surface area (Å²) < 4.78 is 37.8. The number of fused-ring (bicyclic) bond motifs is 1. The second-order valence-corrected chi connectivity index (χ2v) is 11.5. The summed E-state index contributed by atoms with van der Waals surface area (Å²) in [5.74, 6) is 1.20. The normalized spacial score (nSPS) is 17.9. The molecule has 0 aliphatic carbocycles. The van der Waals surface area contributed by atoms with Crippen LogP contribution in [0.15, 0.2) is 26.7 Å². The summed E-state index contributed by atoms with van der Waals surface area (Å²) >= 11 is 3.02. The molecule has 32 heavy (non-hydrogen) atoms. The summed E-state index contributed by atoms with van der Waals surface area (Å²) in [6, 6.07) is 4.06. The number of hydrogen-bond donors (Lipinski definition) is 0. The van der Waals surface area contributed by atoms with E-state index in [0.29, 0.717) is 5.13 Å². The Morgan fingerprint density at radius 2 is 2.06 bits per heavy atom. The van der Waals surface area contributed by atoms with Gasteiger partial charge in [-0.05, 0) is 62.1 Å². The van der Waals surface area contributed by atoms with E-state index in [1.54, 1.807) is 11.8 Å². The summed E-state index contributed by atoms with van der Waals surface area (Å²) in [5, 5.41) is 17.3. The van der Waals surface area contributed by atoms with Crippen molar-refractivity contribution in [3.8, 4) is 0 Å². The summed E-state index contributed by atoms with van der Waals surface area (Å²) in [6.45, 7) is 10.5. The van der Waals surface area contributed by atoms with Crippen molar-refractivity contribution in [2.75, 3.05) is 23.8 Å². The van der Waals surface area contributed by atoms with E-state index >= 15 is 0 Å². The molecule has 1 aliphatic heterocycles. The number of anilines is 1. The second-order valence-electron chi connectivity index (χ2n) is 7.98. The van der Waals surface area contributed by atoms with Crippen LogP contribution in [0.3, 0.4) is 0 Å². The third-order valence-corrected chi connectivity index (χ3v) is 7.43. The molecule has 13 heteroatoms. The topological polar surface area (TPSA) is 120 Å². The zero-order valence-corrected chi connectivity index (χ0v) is 23.6. The van der Waals surface area contributed by atoms with E-state index in [9.17, 15) is 13.0 Å². The molecule has 1 aromatic heterocycles. The molecule has 1 aromatic carbocycles. The van der Waals surface area contributed by atoms with Crippen LogP contribution in [0.4, 0.5) is 16.5 Å². The largest absolute Gasteiger partial charge is 1.00 e. The molecule has 0 spiro atoms. The molecule has 0 N–H and O–H groups in total. The van der Waals surface area contributed by atoms with E-state index in [1.807, 2.05) is 19.1 Å². The van der Waals surface area contributed by atoms with Crippen molar-refractivity contribution in [2.24, 2.45) is 10.2 Å². The van der Waals surface area contributed by atoms with Gasteiger partial charge >= 0.3 is 29.6 Å². The molecule has 0 bridgehead atoms. The van der Waals surface area contributed by atoms with Gasteiger partial charge in [0.1, 0.15) is 0 Å². The van der Waals surface area contributed by atoms with Gasteiger partial charge in [-0.15, -0.1) is 20.4 Å². The van der Waals surface area contributed by atoms with Crippen molar-refractivity contribution in [3.05, 3.63) is 23.3 Å². The Morgan fingerprint density at radius 1 is 1.34 bits per heavy atom. The van der Waals surface area contributed by atoms with Crippen molar-refractivity contribution in [1.29, 1.82) is 0 Å². The summed E-state index contributed by atoms with van der Waals surface area (Å²) in [6.07, 6.45) is 0.859. The minimum absolute atomic E-state index is 0. The van der Waals surface area contributed by atoms with Crippen LogP contribution in [0.1, 0.15) is 51.2 Å². The van der Waals surface area contributed by atoms with E-state index in [-0.39, 0.29) is 54.2 Å². The van der Waals surface area contributed by atoms with Crippen molar-refractivity contribution in [1.82, 2.24) is 10.2 Å². The minimum Gasteiger partial charge on any atom is -0.726 e. The molecule has 1 unspecified atom stereocenters. The fourth-order valence-electron chi connectivity index (χ4n) is 3.90. The van der Waals surface area contributed by atoms with Crippen molar-refractivity contribution in [2.45, 2.75) is 56.8 Å². The van der Waals surface area contributed by atoms with Crippen LogP contribution in [0.5, 0.6) is 0 Å². The molecule has 1 atom stereocenters. The van der Waals surface area contributed by atoms with E-state index in [4.69, 9.17) is 0 Å². The van der Waals surface area contributed by atoms with Gasteiger partial charge in [-0.3, -0.25) is 4.18 Å². The first kappa shape index (κ1) is 27.6. The summed E-state index contributed by atoms with van der Waals surface area (Å²) in [5.41, 5.74) is 3.55. The van der Waals surface area contributed by atoms with Gasteiger partial charge in [0, 0.05) is 17.8 Å². The van der Waals surface area contributed by atoms with Crippen LogP contribution in [0, 0.1) is 6.92 Å². The van der Waals surface area contributed by atoms with Gasteiger partial charge in [-0.1, -0.05) is 36.9 Å². The third kappa shape index (κ3) is 6.95. The molecule has 0 fully saturated rings. The zero-order valence-electron chi connectivity index (χ0n) is 19.2. The van der Waals surface area contributed by atoms with E-state index < -0.39 is 10.4 Å². The van der Waals surface area contributed by atoms with E-state index in [0.717, 1.165) is 39.0 Å². The van der Waals surface area contributed by atoms with Crippen LogP contribution in [0.2, 0.25) is 0 Å². The number of aryl methyl sites for hydroxylation is 1. The van der Waals surface area contributed by atoms with Crippen LogP contribution >= 0.6 is 23.1 Å². The second kappa shape index (κ2) is 11.2. The minimum atomic E-state index is -4.72. The van der Waals surface area contributed by atoms with Crippen LogP contribution in [0.25, 0.3) is 0 Å². The van der Waals surface area contributed by atoms with Crippen molar-refractivity contribution in [3.63, 3.8) is 0 Å². The molecule has 170 valence electrons. The molecule has 0 amide bonds. The molecular formula is C19H26N5NaO4S3. The van der Waals surface area contributed by atoms with Gasteiger partial charge in [0.2, 0.25) is 10.4 Å². The predicted molar refractivity (Wildman–Crippen MR) is 122 cm³/mol. The number of benzene rings is 1. The number of aromatic nitrogens is 2. The van der Waals surface area contributed by atoms with Crippen molar-refractivity contribution < 1.29 is 46.7 Å². The van der Waals surface area contributed by atoms with Crippen LogP contribution < -0.4 is 34.5 Å². The fraction of sp³-hybridized carbons (Fsp3) is 0.579. The van der Waals surface area contributed by atoms with Gasteiger partial charge in [0.15, 0.2) is 4.34 Å². The molecule has 9 nitrogen and oxygen atoms in total. The molecule has 0 saturated carbocycles. The van der Waals surface area contributed by atoms with Crippen LogP contribution in [-0.4, -0.2) is 47.6 Å². The molecule has 2 heterocycles. The maximum absolute atomic E-state index is 10.8. The monoisotopic (exact) mass is 507 g/mol. The predicted octanol–water partition coefficient (Wildman–Crippen LogP) is 1.95. The molecule has 0 radical (unpaired) electrons.